The smallest absolute Gasteiger partial charge is 0.0922 e. The molecule has 4 nitrogen and oxygen atoms in total. The number of aromatic amines is 1. The molecule has 0 unspecified atom stereocenters. The molecule has 1 aliphatic heterocycles. The van der Waals surface area contributed by atoms with Crippen LogP contribution < -0.4 is 10.2 Å². The van der Waals surface area contributed by atoms with Crippen LogP contribution >= 0.6 is 0 Å². The Bertz CT molecular complexity index is 498. The van der Waals surface area contributed by atoms with Gasteiger partial charge in [-0.3, -0.25) is 0 Å². The van der Waals surface area contributed by atoms with Crippen LogP contribution in [0.1, 0.15) is 30.5 Å². The Morgan fingerprint density at radius 3 is 2.55 bits per heavy atom. The monoisotopic (exact) mass is 270 g/mol. The lowest BCUT2D eigenvalue weighted by Crippen LogP contribution is -2.29. The van der Waals surface area contributed by atoms with Crippen molar-refractivity contribution < 1.29 is 0 Å². The zero-order valence-electron chi connectivity index (χ0n) is 11.8. The summed E-state index contributed by atoms with van der Waals surface area (Å²) in [6, 6.07) is 8.95. The summed E-state index contributed by atoms with van der Waals surface area (Å²) in [5.41, 5.74) is 3.81. The van der Waals surface area contributed by atoms with E-state index < -0.39 is 0 Å². The predicted octanol–water partition coefficient (Wildman–Crippen LogP) is 2.69. The molecule has 0 amide bonds. The van der Waals surface area contributed by atoms with Gasteiger partial charge >= 0.3 is 0 Å². The lowest BCUT2D eigenvalue weighted by atomic mass is 10.1. The van der Waals surface area contributed by atoms with Crippen LogP contribution in [0.4, 0.5) is 5.69 Å². The lowest BCUT2D eigenvalue weighted by molar-refractivity contribution is 0.578. The van der Waals surface area contributed by atoms with Gasteiger partial charge in [0, 0.05) is 43.8 Å². The molecule has 1 aromatic carbocycles. The van der Waals surface area contributed by atoms with E-state index in [1.807, 2.05) is 6.20 Å². The van der Waals surface area contributed by atoms with E-state index in [0.29, 0.717) is 0 Å². The van der Waals surface area contributed by atoms with Crippen LogP contribution in [-0.4, -0.2) is 23.1 Å². The van der Waals surface area contributed by atoms with Gasteiger partial charge in [-0.05, 0) is 37.0 Å². The quantitative estimate of drug-likeness (QED) is 0.878. The van der Waals surface area contributed by atoms with E-state index in [1.54, 1.807) is 6.33 Å². The first kappa shape index (κ1) is 13.2. The number of H-pyrrole nitrogens is 1. The first-order chi connectivity index (χ1) is 9.92. The first-order valence-electron chi connectivity index (χ1n) is 7.44. The molecule has 0 spiro atoms. The topological polar surface area (TPSA) is 44.0 Å². The Morgan fingerprint density at radius 2 is 1.85 bits per heavy atom. The molecule has 0 aliphatic carbocycles. The lowest BCUT2D eigenvalue weighted by Gasteiger charge is -2.28. The average Bonchev–Trinajstić information content (AvgIpc) is 3.02. The zero-order valence-corrected chi connectivity index (χ0v) is 11.8. The van der Waals surface area contributed by atoms with Crippen molar-refractivity contribution in [1.82, 2.24) is 15.3 Å². The third-order valence-electron chi connectivity index (χ3n) is 3.86. The van der Waals surface area contributed by atoms with Crippen molar-refractivity contribution >= 4 is 5.69 Å². The third-order valence-corrected chi connectivity index (χ3v) is 3.86. The summed E-state index contributed by atoms with van der Waals surface area (Å²) < 4.78 is 0. The SMILES string of the molecule is c1ncc(CNCc2ccc(N3CCCCC3)cc2)[nH]1. The number of nitrogens with zero attached hydrogens (tertiary/aromatic N) is 2. The summed E-state index contributed by atoms with van der Waals surface area (Å²) in [4.78, 5) is 9.60. The maximum absolute atomic E-state index is 4.01. The third kappa shape index (κ3) is 3.39. The van der Waals surface area contributed by atoms with E-state index in [4.69, 9.17) is 0 Å². The van der Waals surface area contributed by atoms with Crippen molar-refractivity contribution in [2.24, 2.45) is 0 Å². The standard InChI is InChI=1S/C16H22N4/c1-2-8-20(9-3-1)16-6-4-14(5-7-16)10-17-11-15-12-18-13-19-15/h4-7,12-13,17H,1-3,8-11H2,(H,18,19). The number of anilines is 1. The molecular weight excluding hydrogens is 248 g/mol. The van der Waals surface area contributed by atoms with Gasteiger partial charge in [-0.2, -0.15) is 0 Å². The van der Waals surface area contributed by atoms with Crippen LogP contribution in [-0.2, 0) is 13.1 Å². The fraction of sp³-hybridized carbons (Fsp3) is 0.438. The maximum atomic E-state index is 4.01. The minimum atomic E-state index is 0.827. The highest BCUT2D eigenvalue weighted by molar-refractivity contribution is 5.47. The molecular formula is C16H22N4. The average molecular weight is 270 g/mol. The molecule has 3 rings (SSSR count). The van der Waals surface area contributed by atoms with Crippen LogP contribution in [0.15, 0.2) is 36.8 Å². The van der Waals surface area contributed by atoms with Crippen molar-refractivity contribution in [2.45, 2.75) is 32.4 Å². The van der Waals surface area contributed by atoms with Crippen molar-refractivity contribution in [2.75, 3.05) is 18.0 Å². The van der Waals surface area contributed by atoms with Crippen LogP contribution in [0, 0.1) is 0 Å². The van der Waals surface area contributed by atoms with Crippen molar-refractivity contribution in [3.8, 4) is 0 Å². The predicted molar refractivity (Wildman–Crippen MR) is 81.6 cm³/mol. The number of hydrogen-bond donors (Lipinski definition) is 2. The van der Waals surface area contributed by atoms with Crippen molar-refractivity contribution in [1.29, 1.82) is 0 Å². The summed E-state index contributed by atoms with van der Waals surface area (Å²) >= 11 is 0. The van der Waals surface area contributed by atoms with Crippen LogP contribution in [0.5, 0.6) is 0 Å². The van der Waals surface area contributed by atoms with Crippen molar-refractivity contribution in [3.05, 3.63) is 48.0 Å². The van der Waals surface area contributed by atoms with E-state index in [0.717, 1.165) is 18.8 Å². The molecule has 0 bridgehead atoms. The van der Waals surface area contributed by atoms with Gasteiger partial charge in [0.2, 0.25) is 0 Å². The zero-order chi connectivity index (χ0) is 13.6. The molecule has 1 saturated heterocycles. The van der Waals surface area contributed by atoms with E-state index >= 15 is 0 Å². The summed E-state index contributed by atoms with van der Waals surface area (Å²) in [5, 5.41) is 3.42. The highest BCUT2D eigenvalue weighted by atomic mass is 15.1. The van der Waals surface area contributed by atoms with Gasteiger partial charge in [-0.25, -0.2) is 4.98 Å². The molecule has 0 atom stereocenters. The number of nitrogens with one attached hydrogen (secondary N) is 2. The molecule has 20 heavy (non-hydrogen) atoms. The molecule has 1 aromatic heterocycles. The number of hydrogen-bond acceptors (Lipinski definition) is 3. The number of imidazole rings is 1. The Balaban J connectivity index is 1.50. The summed E-state index contributed by atoms with van der Waals surface area (Å²) in [7, 11) is 0. The molecule has 1 fully saturated rings. The van der Waals surface area contributed by atoms with Crippen LogP contribution in [0.3, 0.4) is 0 Å². The van der Waals surface area contributed by atoms with E-state index in [9.17, 15) is 0 Å². The molecule has 0 saturated carbocycles. The minimum absolute atomic E-state index is 0.827. The van der Waals surface area contributed by atoms with Gasteiger partial charge < -0.3 is 15.2 Å². The summed E-state index contributed by atoms with van der Waals surface area (Å²) in [6.07, 6.45) is 7.60. The maximum Gasteiger partial charge on any atom is 0.0922 e. The number of piperidine rings is 1. The second-order valence-corrected chi connectivity index (χ2v) is 5.39. The van der Waals surface area contributed by atoms with Gasteiger partial charge in [0.05, 0.1) is 6.33 Å². The largest absolute Gasteiger partial charge is 0.372 e. The molecule has 4 heteroatoms. The molecule has 2 heterocycles. The highest BCUT2D eigenvalue weighted by Crippen LogP contribution is 2.20. The van der Waals surface area contributed by atoms with Gasteiger partial charge in [-0.1, -0.05) is 12.1 Å². The van der Waals surface area contributed by atoms with Gasteiger partial charge in [0.25, 0.3) is 0 Å². The van der Waals surface area contributed by atoms with E-state index in [2.05, 4.69) is 44.5 Å². The fourth-order valence-electron chi connectivity index (χ4n) is 2.70. The van der Waals surface area contributed by atoms with Crippen LogP contribution in [0.2, 0.25) is 0 Å². The highest BCUT2D eigenvalue weighted by Gasteiger charge is 2.10. The van der Waals surface area contributed by atoms with Gasteiger partial charge in [0.15, 0.2) is 0 Å². The first-order valence-corrected chi connectivity index (χ1v) is 7.44. The molecule has 106 valence electrons. The van der Waals surface area contributed by atoms with Crippen LogP contribution in [0.25, 0.3) is 0 Å². The number of aromatic nitrogens is 2. The minimum Gasteiger partial charge on any atom is -0.372 e. The normalized spacial score (nSPS) is 15.5. The second-order valence-electron chi connectivity index (χ2n) is 5.39. The van der Waals surface area contributed by atoms with E-state index in [-0.39, 0.29) is 0 Å². The molecule has 1 aliphatic rings. The van der Waals surface area contributed by atoms with Crippen molar-refractivity contribution in [3.63, 3.8) is 0 Å². The fourth-order valence-corrected chi connectivity index (χ4v) is 2.70. The number of benzene rings is 1. The molecule has 2 N–H and O–H groups in total. The summed E-state index contributed by atoms with van der Waals surface area (Å²) in [5.74, 6) is 0. The Morgan fingerprint density at radius 1 is 1.05 bits per heavy atom. The second kappa shape index (κ2) is 6.57. The Hall–Kier alpha value is -1.81. The Kier molecular flexibility index (Phi) is 4.33. The number of rotatable bonds is 5. The molecule has 0 radical (unpaired) electrons. The summed E-state index contributed by atoms with van der Waals surface area (Å²) in [6.45, 7) is 4.13. The van der Waals surface area contributed by atoms with Gasteiger partial charge in [0.1, 0.15) is 0 Å². The van der Waals surface area contributed by atoms with E-state index in [1.165, 1.54) is 43.6 Å². The Labute approximate surface area is 120 Å². The van der Waals surface area contributed by atoms with Gasteiger partial charge in [-0.15, -0.1) is 0 Å². The molecule has 2 aromatic rings.